The van der Waals surface area contributed by atoms with Gasteiger partial charge < -0.3 is 125 Å². The fourth-order valence-electron chi connectivity index (χ4n) is 16.2. The number of unbranched alkanes of at least 4 members (excludes halogenated alkanes) is 2. The van der Waals surface area contributed by atoms with Gasteiger partial charge in [0.25, 0.3) is 0 Å². The zero-order chi connectivity index (χ0) is 97.0. The van der Waals surface area contributed by atoms with Gasteiger partial charge >= 0.3 is 5.97 Å². The Morgan fingerprint density at radius 3 is 1.50 bits per heavy atom. The number of primary amides is 3. The molecule has 3 fully saturated rings. The van der Waals surface area contributed by atoms with Gasteiger partial charge in [-0.15, -0.1) is 11.8 Å². The number of likely N-dealkylation sites (N-methyl/N-ethyl adjacent to an activating group) is 3. The Balaban J connectivity index is 1.09. The first kappa shape index (κ1) is 103. The van der Waals surface area contributed by atoms with Gasteiger partial charge in [0.15, 0.2) is 0 Å². The van der Waals surface area contributed by atoms with E-state index >= 15 is 33.6 Å². The van der Waals surface area contributed by atoms with Crippen molar-refractivity contribution in [2.75, 3.05) is 58.9 Å². The number of aromatic nitrogens is 4. The summed E-state index contributed by atoms with van der Waals surface area (Å²) in [5.74, 6) is -21.0. The first-order valence-electron chi connectivity index (χ1n) is 43.9. The SMILES string of the molecule is CCCC[C@H]1C(=O)N(C)[C@@H](CCCC)C(=O)N[C@@H](CCC(=O)O)C(=O)NC(C(=O)NCC(N)=O)CSCC(=O)N[C@@H](Cc2ccc(O)cc2)C(=O)N(C)[C@@H](C)C(=O)N[C@@H](CC(N)=O)C(=O)N2CCC[C@H]2C(=O)N[C@@H](Cc2c[nH]cn2)C(=O)N[C@@H](CC(N)=O)C(=O)N2CCC[C@H]2C(=O)N[C@@H](Cc2c[nH]c3ccccc23)C(=O)N[C@@H](CO)C(=O)N[C@@H](Cc2c[nH]c3ccccc23)C(=O)N1C. The number of phenolic OH excluding ortho intramolecular Hbond substituents is 1. The highest BCUT2D eigenvalue weighted by Crippen LogP contribution is 2.28. The lowest BCUT2D eigenvalue weighted by Gasteiger charge is -2.36. The van der Waals surface area contributed by atoms with Crippen LogP contribution in [0.1, 0.15) is 133 Å². The summed E-state index contributed by atoms with van der Waals surface area (Å²) in [5, 5.41) is 58.2. The number of benzene rings is 3. The molecule has 0 bridgehead atoms. The molecular formula is C88H118N22O22S. The van der Waals surface area contributed by atoms with E-state index in [2.05, 4.69) is 73.1 Å². The number of carboxylic acids is 1. The molecule has 1 unspecified atom stereocenters. The van der Waals surface area contributed by atoms with Gasteiger partial charge in [0, 0.05) is 112 Å². The van der Waals surface area contributed by atoms with Gasteiger partial charge in [-0.3, -0.25) is 91.1 Å². The summed E-state index contributed by atoms with van der Waals surface area (Å²) in [4.78, 5) is 292. The van der Waals surface area contributed by atoms with E-state index in [0.717, 1.165) is 24.5 Å². The number of carbonyl (C=O) groups is 19. The minimum absolute atomic E-state index is 0.0490. The minimum Gasteiger partial charge on any atom is -0.508 e. The number of rotatable bonds is 25. The number of carboxylic acid groups (broad SMARTS) is 1. The summed E-state index contributed by atoms with van der Waals surface area (Å²) in [6.45, 7) is 2.63. The molecule has 133 heavy (non-hydrogen) atoms. The molecule has 0 aliphatic carbocycles. The number of para-hydroxylation sites is 2. The predicted octanol–water partition coefficient (Wildman–Crippen LogP) is -3.47. The van der Waals surface area contributed by atoms with Crippen LogP contribution >= 0.6 is 11.8 Å². The molecule has 0 saturated carbocycles. The van der Waals surface area contributed by atoms with Crippen molar-refractivity contribution in [3.8, 4) is 5.75 Å². The number of aromatic hydroxyl groups is 1. The van der Waals surface area contributed by atoms with Crippen molar-refractivity contribution in [3.63, 3.8) is 0 Å². The number of aromatic amines is 3. The third-order valence-electron chi connectivity index (χ3n) is 23.6. The highest BCUT2D eigenvalue weighted by atomic mass is 32.2. The van der Waals surface area contributed by atoms with E-state index in [-0.39, 0.29) is 88.7 Å². The molecule has 718 valence electrons. The lowest BCUT2D eigenvalue weighted by molar-refractivity contribution is -0.149. The van der Waals surface area contributed by atoms with Crippen LogP contribution in [0.2, 0.25) is 0 Å². The Morgan fingerprint density at radius 1 is 0.496 bits per heavy atom. The maximum absolute atomic E-state index is 15.7. The number of H-pyrrole nitrogens is 3. The molecule has 14 atom stereocenters. The first-order valence-corrected chi connectivity index (χ1v) is 45.1. The number of nitrogens with two attached hydrogens (primary N) is 3. The van der Waals surface area contributed by atoms with Crippen LogP contribution in [0.25, 0.3) is 21.8 Å². The number of thioether (sulfide) groups is 1. The quantitative estimate of drug-likeness (QED) is 0.0265. The molecule has 3 aliphatic rings. The molecule has 0 spiro atoms. The van der Waals surface area contributed by atoms with Crippen LogP contribution < -0.4 is 70.4 Å². The van der Waals surface area contributed by atoms with Crippen LogP contribution in [0, 0.1) is 0 Å². The Hall–Kier alpha value is -14.0. The number of fused-ring (bicyclic) bond motifs is 4. The fourth-order valence-corrected chi connectivity index (χ4v) is 17.1. The number of hydrogen-bond donors (Lipinski definition) is 19. The van der Waals surface area contributed by atoms with Crippen molar-refractivity contribution in [2.24, 2.45) is 17.2 Å². The summed E-state index contributed by atoms with van der Waals surface area (Å²) >= 11 is 0.699. The van der Waals surface area contributed by atoms with Crippen molar-refractivity contribution < 1.29 is 106 Å². The van der Waals surface area contributed by atoms with E-state index in [1.54, 1.807) is 67.8 Å². The number of aliphatic carboxylic acids is 1. The maximum Gasteiger partial charge on any atom is 0.303 e. The molecule has 45 heteroatoms. The second-order valence-electron chi connectivity index (χ2n) is 33.2. The van der Waals surface area contributed by atoms with Crippen molar-refractivity contribution in [2.45, 2.75) is 221 Å². The number of nitrogens with one attached hydrogen (secondary N) is 13. The predicted molar refractivity (Wildman–Crippen MR) is 480 cm³/mol. The van der Waals surface area contributed by atoms with Crippen LogP contribution in [0.5, 0.6) is 5.75 Å². The second-order valence-corrected chi connectivity index (χ2v) is 34.3. The number of imidazole rings is 1. The fraction of sp³-hybridized carbons (Fsp3) is 0.500. The largest absolute Gasteiger partial charge is 0.508 e. The monoisotopic (exact) mass is 1870 g/mol. The van der Waals surface area contributed by atoms with Gasteiger partial charge in [-0.05, 0) is 92.8 Å². The standard InChI is InChI=1S/C88H118N22O22S/c1-7-9-21-66-81(125)98-57(29-30-74(117)118)77(121)105-65(76(120)95-42-72(91)115)44-133-45-73(116)97-60(33-48-25-27-52(112)28-26-48)84(128)106(4)47(3)75(119)101-62(37-70(89)113)86(130)109-31-16-24-68(109)83(127)100-59(36-51-41-92-46-96-51)79(123)103-63(38-71(90)114)87(131)110-32-15-23-67(110)82(126)99-58(34-49-39-93-55-19-13-11-17-53(49)55)78(122)104-64(43-111)80(124)102-61(35-50-40-94-56-20-14-12-18-54(50)56)85(129)108(6)69(22-10-8-2)88(132)107(66)5/h11-14,17-20,25-28,39-41,46-47,57-69,93-94,111-112H,7-10,15-16,21-24,29-38,42-45H2,1-6H3,(H2,89,113)(H2,90,114)(H2,91,115)(H,92,96)(H,95,120)(H,97,116)(H,98,125)(H,99,126)(H,100,127)(H,101,119)(H,102,124)(H,103,123)(H,104,122)(H,105,121)(H,117,118)/t47-,57-,58-,59-,60-,61-,62-,63-,64-,65?,66-,67-,68-,69-/m0/s1. The zero-order valence-corrected chi connectivity index (χ0v) is 75.5. The highest BCUT2D eigenvalue weighted by molar-refractivity contribution is 8.00. The lowest BCUT2D eigenvalue weighted by atomic mass is 10.00. The minimum atomic E-state index is -1.91. The summed E-state index contributed by atoms with van der Waals surface area (Å²) in [5.41, 5.74) is 19.6. The van der Waals surface area contributed by atoms with Crippen LogP contribution in [0.3, 0.4) is 0 Å². The van der Waals surface area contributed by atoms with E-state index in [1.807, 2.05) is 6.92 Å². The zero-order valence-electron chi connectivity index (χ0n) is 74.7. The molecule has 3 saturated heterocycles. The number of hydrogen-bond acceptors (Lipinski definition) is 23. The Morgan fingerprint density at radius 2 is 0.970 bits per heavy atom. The molecule has 3 aliphatic heterocycles. The maximum atomic E-state index is 15.7. The topological polar surface area (TPSA) is 660 Å². The van der Waals surface area contributed by atoms with Gasteiger partial charge in [0.1, 0.15) is 90.3 Å². The molecule has 3 aromatic carbocycles. The van der Waals surface area contributed by atoms with Gasteiger partial charge in [-0.1, -0.05) is 88.1 Å². The number of carbonyl (C=O) groups excluding carboxylic acids is 18. The summed E-state index contributed by atoms with van der Waals surface area (Å²) in [7, 11) is 3.77. The lowest BCUT2D eigenvalue weighted by Crippen LogP contribution is -2.62. The first-order chi connectivity index (χ1) is 63.4. The summed E-state index contributed by atoms with van der Waals surface area (Å²) in [6.07, 6.45) is 2.90. The number of nitrogens with zero attached hydrogens (tertiary/aromatic N) is 6. The van der Waals surface area contributed by atoms with Crippen molar-refractivity contribution in [3.05, 3.63) is 120 Å². The Bertz CT molecular complexity index is 5220. The van der Waals surface area contributed by atoms with Gasteiger partial charge in [-0.25, -0.2) is 4.98 Å². The van der Waals surface area contributed by atoms with E-state index in [1.165, 1.54) is 64.9 Å². The molecule has 18 amide bonds. The average Bonchev–Trinajstić information content (AvgIpc) is 1.30. The molecule has 6 heterocycles. The normalized spacial score (nSPS) is 24.3. The van der Waals surface area contributed by atoms with E-state index < -0.39 is 254 Å². The number of aliphatic hydroxyl groups is 1. The van der Waals surface area contributed by atoms with Crippen molar-refractivity contribution in [1.29, 1.82) is 0 Å². The molecule has 6 aromatic rings. The van der Waals surface area contributed by atoms with Gasteiger partial charge in [0.05, 0.1) is 43.8 Å². The number of aliphatic hydroxyl groups excluding tert-OH is 1. The third-order valence-corrected chi connectivity index (χ3v) is 24.7. The molecule has 0 radical (unpaired) electrons. The van der Waals surface area contributed by atoms with Crippen LogP contribution in [0.4, 0.5) is 0 Å². The summed E-state index contributed by atoms with van der Waals surface area (Å²) < 4.78 is 0. The van der Waals surface area contributed by atoms with Crippen LogP contribution in [0.15, 0.2) is 97.7 Å². The van der Waals surface area contributed by atoms with Crippen LogP contribution in [-0.4, -0.2) is 316 Å². The number of amides is 18. The van der Waals surface area contributed by atoms with Gasteiger partial charge in [0.2, 0.25) is 106 Å². The summed E-state index contributed by atoms with van der Waals surface area (Å²) in [6, 6.07) is -3.50. The van der Waals surface area contributed by atoms with Crippen molar-refractivity contribution >= 4 is 146 Å². The smallest absolute Gasteiger partial charge is 0.303 e. The van der Waals surface area contributed by atoms with E-state index in [4.69, 9.17) is 17.2 Å². The molecular weight excluding hydrogens is 1750 g/mol. The van der Waals surface area contributed by atoms with Crippen LogP contribution in [-0.2, 0) is 117 Å². The average molecular weight is 1870 g/mol. The third kappa shape index (κ3) is 28.3. The molecule has 3 aromatic heterocycles. The number of phenols is 1. The molecule has 22 N–H and O–H groups in total. The van der Waals surface area contributed by atoms with Crippen molar-refractivity contribution in [1.82, 2.24) is 97.6 Å². The molecule has 44 nitrogen and oxygen atoms in total. The molecule has 9 rings (SSSR count). The second kappa shape index (κ2) is 48.8. The highest BCUT2D eigenvalue weighted by Gasteiger charge is 2.46. The van der Waals surface area contributed by atoms with E-state index in [0.29, 0.717) is 69.5 Å². The Labute approximate surface area is 769 Å². The Kier molecular flexibility index (Phi) is 37.7. The van der Waals surface area contributed by atoms with Gasteiger partial charge in [-0.2, -0.15) is 0 Å². The van der Waals surface area contributed by atoms with E-state index in [9.17, 15) is 72.9 Å².